The van der Waals surface area contributed by atoms with E-state index in [9.17, 15) is 9.90 Å². The van der Waals surface area contributed by atoms with Crippen molar-refractivity contribution in [3.05, 3.63) is 29.3 Å². The van der Waals surface area contributed by atoms with E-state index in [4.69, 9.17) is 4.11 Å². The summed E-state index contributed by atoms with van der Waals surface area (Å²) in [7, 11) is 0. The van der Waals surface area contributed by atoms with Crippen LogP contribution in [0.5, 0.6) is 5.75 Å². The molecule has 0 heterocycles. The summed E-state index contributed by atoms with van der Waals surface area (Å²) >= 11 is 0. The Bertz CT molecular complexity index is 702. The molecule has 2 saturated carbocycles. The molecule has 2 heteroatoms. The van der Waals surface area contributed by atoms with Gasteiger partial charge in [0, 0.05) is 13.2 Å². The second-order valence-corrected chi connectivity index (χ2v) is 6.87. The molecule has 1 aromatic carbocycles. The lowest BCUT2D eigenvalue weighted by molar-refractivity contribution is -0.129. The van der Waals surface area contributed by atoms with Gasteiger partial charge in [0.25, 0.3) is 0 Å². The van der Waals surface area contributed by atoms with Crippen molar-refractivity contribution in [1.82, 2.24) is 0 Å². The van der Waals surface area contributed by atoms with Gasteiger partial charge in [0.2, 0.25) is 0 Å². The summed E-state index contributed by atoms with van der Waals surface area (Å²) in [6.45, 7) is 2.04. The zero-order valence-corrected chi connectivity index (χ0v) is 11.8. The smallest absolute Gasteiger partial charge is 0.139 e. The minimum Gasteiger partial charge on any atom is -0.508 e. The molecular formula is C18H22O2. The SMILES string of the molecule is [2H]c1cc2c(c([2H])c1O)CC[C@@H]1[C@@H]2CC[C@]2(C)C(=O)C([2H])C[C@@H]12. The third kappa shape index (κ3) is 1.54. The molecule has 20 heavy (non-hydrogen) atoms. The first-order valence-corrected chi connectivity index (χ1v) is 7.63. The van der Waals surface area contributed by atoms with Crippen molar-refractivity contribution < 1.29 is 14.0 Å². The van der Waals surface area contributed by atoms with Crippen LogP contribution in [0.15, 0.2) is 18.2 Å². The first kappa shape index (κ1) is 9.59. The molecule has 1 unspecified atom stereocenters. The summed E-state index contributed by atoms with van der Waals surface area (Å²) in [6.07, 6.45) is 3.41. The topological polar surface area (TPSA) is 37.3 Å². The van der Waals surface area contributed by atoms with Crippen LogP contribution in [0.25, 0.3) is 0 Å². The third-order valence-corrected chi connectivity index (χ3v) is 6.06. The van der Waals surface area contributed by atoms with Gasteiger partial charge < -0.3 is 5.11 Å². The van der Waals surface area contributed by atoms with Crippen LogP contribution < -0.4 is 0 Å². The van der Waals surface area contributed by atoms with Gasteiger partial charge in [-0.2, -0.15) is 0 Å². The second-order valence-electron chi connectivity index (χ2n) is 6.87. The third-order valence-electron chi connectivity index (χ3n) is 6.06. The minimum atomic E-state index is -0.580. The van der Waals surface area contributed by atoms with Crippen LogP contribution in [-0.4, -0.2) is 10.9 Å². The van der Waals surface area contributed by atoms with Crippen LogP contribution in [0.4, 0.5) is 0 Å². The summed E-state index contributed by atoms with van der Waals surface area (Å²) < 4.78 is 24.1. The Labute approximate surface area is 124 Å². The zero-order valence-electron chi connectivity index (χ0n) is 14.8. The Balaban J connectivity index is 1.77. The number of Topliss-reactive ketones (excluding diaryl/α,β-unsaturated/α-hetero) is 1. The molecule has 0 amide bonds. The van der Waals surface area contributed by atoms with E-state index in [0.29, 0.717) is 12.3 Å². The Kier molecular flexibility index (Phi) is 1.96. The van der Waals surface area contributed by atoms with E-state index >= 15 is 0 Å². The summed E-state index contributed by atoms with van der Waals surface area (Å²) in [4.78, 5) is 12.5. The standard InChI is InChI=1S/C18H22O2/c1-18-9-8-14-13-5-3-12(19)10-11(13)2-4-15(14)16(18)6-7-17(18)20/h3,5,10,14-16,19H,2,4,6-9H2,1H3/t14-,15-,16+,18+/m1/s1/i3D,7D,10D/t7?,14-,15-,16+,18+. The molecular weight excluding hydrogens is 248 g/mol. The minimum absolute atomic E-state index is 0.0311. The van der Waals surface area contributed by atoms with E-state index in [1.807, 2.05) is 6.92 Å². The second kappa shape index (κ2) is 4.09. The van der Waals surface area contributed by atoms with Crippen molar-refractivity contribution in [2.24, 2.45) is 17.3 Å². The quantitative estimate of drug-likeness (QED) is 0.780. The molecule has 3 aliphatic rings. The number of phenolic OH excluding ortho intramolecular Hbond substituents is 1. The fourth-order valence-corrected chi connectivity index (χ4v) is 4.94. The molecule has 106 valence electrons. The van der Waals surface area contributed by atoms with Gasteiger partial charge in [-0.15, -0.1) is 0 Å². The maximum atomic E-state index is 12.5. The predicted octanol–water partition coefficient (Wildman–Crippen LogP) is 3.82. The molecule has 0 spiro atoms. The Morgan fingerprint density at radius 2 is 2.30 bits per heavy atom. The maximum Gasteiger partial charge on any atom is 0.139 e. The van der Waals surface area contributed by atoms with E-state index in [-0.39, 0.29) is 40.9 Å². The van der Waals surface area contributed by atoms with E-state index in [0.717, 1.165) is 36.8 Å². The maximum absolute atomic E-state index is 12.5. The number of fused-ring (bicyclic) bond motifs is 5. The molecule has 1 aromatic rings. The molecule has 5 atom stereocenters. The lowest BCUT2D eigenvalue weighted by Gasteiger charge is -2.48. The molecule has 1 N–H and O–H groups in total. The lowest BCUT2D eigenvalue weighted by atomic mass is 9.55. The number of ketones is 1. The molecule has 2 nitrogen and oxygen atoms in total. The van der Waals surface area contributed by atoms with Gasteiger partial charge >= 0.3 is 0 Å². The molecule has 2 fully saturated rings. The lowest BCUT2D eigenvalue weighted by Crippen LogP contribution is -2.42. The number of hydrogen-bond donors (Lipinski definition) is 1. The monoisotopic (exact) mass is 273 g/mol. The van der Waals surface area contributed by atoms with Gasteiger partial charge in [0.1, 0.15) is 11.5 Å². The van der Waals surface area contributed by atoms with Crippen LogP contribution in [0.2, 0.25) is 0 Å². The van der Waals surface area contributed by atoms with Gasteiger partial charge in [-0.05, 0) is 73.1 Å². The number of hydrogen-bond acceptors (Lipinski definition) is 2. The number of rotatable bonds is 0. The molecule has 0 saturated heterocycles. The van der Waals surface area contributed by atoms with Crippen molar-refractivity contribution in [2.75, 3.05) is 0 Å². The number of phenols is 1. The van der Waals surface area contributed by atoms with Crippen molar-refractivity contribution in [3.63, 3.8) is 0 Å². The first-order chi connectivity index (χ1) is 10.8. The van der Waals surface area contributed by atoms with Gasteiger partial charge in [-0.1, -0.05) is 13.0 Å². The van der Waals surface area contributed by atoms with Crippen LogP contribution in [0.1, 0.15) is 60.2 Å². The van der Waals surface area contributed by atoms with Crippen molar-refractivity contribution in [3.8, 4) is 5.75 Å². The molecule has 0 aromatic heterocycles. The van der Waals surface area contributed by atoms with Crippen LogP contribution >= 0.6 is 0 Å². The molecule has 4 rings (SSSR count). The molecule has 3 aliphatic carbocycles. The van der Waals surface area contributed by atoms with Crippen molar-refractivity contribution in [2.45, 2.75) is 51.3 Å². The molecule has 0 aliphatic heterocycles. The van der Waals surface area contributed by atoms with Gasteiger partial charge in [0.15, 0.2) is 0 Å². The Morgan fingerprint density at radius 3 is 3.15 bits per heavy atom. The normalized spacial score (nSPS) is 44.9. The molecule has 0 bridgehead atoms. The average Bonchev–Trinajstić information content (AvgIpc) is 2.76. The van der Waals surface area contributed by atoms with E-state index in [1.54, 1.807) is 6.07 Å². The Morgan fingerprint density at radius 1 is 1.45 bits per heavy atom. The van der Waals surface area contributed by atoms with Crippen LogP contribution in [-0.2, 0) is 11.2 Å². The fourth-order valence-electron chi connectivity index (χ4n) is 4.94. The van der Waals surface area contributed by atoms with Gasteiger partial charge in [-0.25, -0.2) is 0 Å². The Hall–Kier alpha value is -1.31. The summed E-state index contributed by atoms with van der Waals surface area (Å²) in [6, 6.07) is 1.88. The summed E-state index contributed by atoms with van der Waals surface area (Å²) in [5, 5.41) is 9.87. The highest BCUT2D eigenvalue weighted by Gasteiger charge is 2.54. The van der Waals surface area contributed by atoms with Crippen molar-refractivity contribution >= 4 is 5.78 Å². The summed E-state index contributed by atoms with van der Waals surface area (Å²) in [5.74, 6) is 0.777. The van der Waals surface area contributed by atoms with Gasteiger partial charge in [-0.3, -0.25) is 4.79 Å². The number of benzene rings is 1. The van der Waals surface area contributed by atoms with Crippen molar-refractivity contribution in [1.29, 1.82) is 0 Å². The van der Waals surface area contributed by atoms with Crippen LogP contribution in [0, 0.1) is 17.3 Å². The number of carbonyl (C=O) groups is 1. The van der Waals surface area contributed by atoms with E-state index < -0.39 is 6.40 Å². The largest absolute Gasteiger partial charge is 0.508 e. The highest BCUT2D eigenvalue weighted by molar-refractivity contribution is 5.87. The fraction of sp³-hybridized carbons (Fsp3) is 0.611. The zero-order chi connectivity index (χ0) is 16.5. The van der Waals surface area contributed by atoms with E-state index in [2.05, 4.69) is 0 Å². The van der Waals surface area contributed by atoms with Crippen LogP contribution in [0.3, 0.4) is 0 Å². The average molecular weight is 273 g/mol. The van der Waals surface area contributed by atoms with Gasteiger partial charge in [0.05, 0.1) is 2.74 Å². The molecule has 0 radical (unpaired) electrons. The predicted molar refractivity (Wildman–Crippen MR) is 77.7 cm³/mol. The van der Waals surface area contributed by atoms with E-state index in [1.165, 1.54) is 0 Å². The summed E-state index contributed by atoms with van der Waals surface area (Å²) in [5.41, 5.74) is 1.57. The highest BCUT2D eigenvalue weighted by Crippen LogP contribution is 2.59. The number of aromatic hydroxyl groups is 1. The first-order valence-electron chi connectivity index (χ1n) is 9.21. The number of carbonyl (C=O) groups excluding carboxylic acids is 1. The highest BCUT2D eigenvalue weighted by atomic mass is 16.3.